The summed E-state index contributed by atoms with van der Waals surface area (Å²) < 4.78 is 32.6. The zero-order valence-electron chi connectivity index (χ0n) is 11.3. The minimum atomic E-state index is -1.05. The summed E-state index contributed by atoms with van der Waals surface area (Å²) in [5.41, 5.74) is 1.51. The predicted molar refractivity (Wildman–Crippen MR) is 75.3 cm³/mol. The van der Waals surface area contributed by atoms with Crippen molar-refractivity contribution in [3.05, 3.63) is 35.0 Å². The Morgan fingerprint density at radius 1 is 1.40 bits per heavy atom. The molecule has 1 aromatic carbocycles. The van der Waals surface area contributed by atoms with Gasteiger partial charge in [0.05, 0.1) is 10.9 Å². The fourth-order valence-electron chi connectivity index (χ4n) is 1.99. The number of benzene rings is 1. The van der Waals surface area contributed by atoms with Gasteiger partial charge in [0.25, 0.3) is 0 Å². The third-order valence-electron chi connectivity index (χ3n) is 3.02. The quantitative estimate of drug-likeness (QED) is 0.777. The van der Waals surface area contributed by atoms with Crippen molar-refractivity contribution >= 4 is 28.0 Å². The van der Waals surface area contributed by atoms with Crippen LogP contribution in [-0.2, 0) is 6.42 Å². The van der Waals surface area contributed by atoms with Crippen LogP contribution in [0, 0.1) is 18.6 Å². The highest BCUT2D eigenvalue weighted by Gasteiger charge is 2.20. The summed E-state index contributed by atoms with van der Waals surface area (Å²) >= 11 is 0.863. The Kier molecular flexibility index (Phi) is 4.23. The Morgan fingerprint density at radius 2 is 2.10 bits per heavy atom. The summed E-state index contributed by atoms with van der Waals surface area (Å²) in [4.78, 5) is 15.8. The number of rotatable bonds is 2. The highest BCUT2D eigenvalue weighted by molar-refractivity contribution is 8.12. The van der Waals surface area contributed by atoms with Crippen LogP contribution in [-0.4, -0.2) is 16.5 Å². The van der Waals surface area contributed by atoms with Gasteiger partial charge in [0.2, 0.25) is 0 Å². The maximum atomic E-state index is 14.0. The van der Waals surface area contributed by atoms with Gasteiger partial charge in [-0.15, -0.1) is 0 Å². The molecule has 0 aliphatic carbocycles. The van der Waals surface area contributed by atoms with E-state index >= 15 is 0 Å². The standard InChI is InChI=1S/C14H13F2NO2S/c1-4-9-7(2)13(19-14(18)20-3)11-10(17-9)6-5-8(15)12(11)16/h5-6H,4H2,1-3H3. The molecular formula is C14H13F2NO2S. The average molecular weight is 297 g/mol. The van der Waals surface area contributed by atoms with Crippen molar-refractivity contribution in [3.63, 3.8) is 0 Å². The van der Waals surface area contributed by atoms with Crippen LogP contribution in [0.3, 0.4) is 0 Å². The van der Waals surface area contributed by atoms with Crippen LogP contribution in [0.1, 0.15) is 18.2 Å². The molecule has 1 aromatic heterocycles. The number of ether oxygens (including phenoxy) is 1. The minimum Gasteiger partial charge on any atom is -0.417 e. The van der Waals surface area contributed by atoms with Crippen LogP contribution >= 0.6 is 11.8 Å². The van der Waals surface area contributed by atoms with Crippen molar-refractivity contribution in [1.82, 2.24) is 4.98 Å². The molecular weight excluding hydrogens is 284 g/mol. The highest BCUT2D eigenvalue weighted by atomic mass is 32.2. The zero-order chi connectivity index (χ0) is 14.9. The number of aryl methyl sites for hydroxylation is 1. The van der Waals surface area contributed by atoms with Gasteiger partial charge in [0.1, 0.15) is 5.75 Å². The first-order valence-electron chi connectivity index (χ1n) is 6.02. The second kappa shape index (κ2) is 5.75. The van der Waals surface area contributed by atoms with Crippen LogP contribution in [0.5, 0.6) is 5.75 Å². The van der Waals surface area contributed by atoms with Gasteiger partial charge < -0.3 is 4.74 Å². The first-order valence-corrected chi connectivity index (χ1v) is 7.25. The van der Waals surface area contributed by atoms with Crippen molar-refractivity contribution in [2.24, 2.45) is 0 Å². The number of thioether (sulfide) groups is 1. The van der Waals surface area contributed by atoms with Gasteiger partial charge in [0.15, 0.2) is 11.6 Å². The maximum Gasteiger partial charge on any atom is 0.372 e. The number of aromatic nitrogens is 1. The van der Waals surface area contributed by atoms with Crippen molar-refractivity contribution in [3.8, 4) is 5.75 Å². The molecule has 6 heteroatoms. The number of hydrogen-bond acceptors (Lipinski definition) is 4. The summed E-state index contributed by atoms with van der Waals surface area (Å²) in [6.07, 6.45) is 2.16. The zero-order valence-corrected chi connectivity index (χ0v) is 12.1. The monoisotopic (exact) mass is 297 g/mol. The van der Waals surface area contributed by atoms with Crippen molar-refractivity contribution in [2.75, 3.05) is 6.26 Å². The second-order valence-electron chi connectivity index (χ2n) is 4.18. The van der Waals surface area contributed by atoms with Crippen molar-refractivity contribution in [1.29, 1.82) is 0 Å². The lowest BCUT2D eigenvalue weighted by Gasteiger charge is -2.13. The van der Waals surface area contributed by atoms with E-state index in [0.717, 1.165) is 17.8 Å². The number of hydrogen-bond donors (Lipinski definition) is 0. The fraction of sp³-hybridized carbons (Fsp3) is 0.286. The van der Waals surface area contributed by atoms with Crippen LogP contribution in [0.25, 0.3) is 10.9 Å². The SMILES string of the molecule is CCc1nc2ccc(F)c(F)c2c(OC(=O)SC)c1C. The number of nitrogens with zero attached hydrogens (tertiary/aromatic N) is 1. The lowest BCUT2D eigenvalue weighted by Crippen LogP contribution is -2.06. The van der Waals surface area contributed by atoms with E-state index in [1.54, 1.807) is 13.2 Å². The second-order valence-corrected chi connectivity index (χ2v) is 4.92. The predicted octanol–water partition coefficient (Wildman–Crippen LogP) is 4.25. The van der Waals surface area contributed by atoms with Gasteiger partial charge in [-0.05, 0) is 43.5 Å². The lowest BCUT2D eigenvalue weighted by molar-refractivity contribution is 0.227. The van der Waals surface area contributed by atoms with E-state index in [1.165, 1.54) is 6.07 Å². The third-order valence-corrected chi connectivity index (χ3v) is 3.43. The Bertz CT molecular complexity index is 689. The Hall–Kier alpha value is -1.69. The number of pyridine rings is 1. The van der Waals surface area contributed by atoms with Crippen LogP contribution < -0.4 is 4.74 Å². The van der Waals surface area contributed by atoms with Gasteiger partial charge in [-0.2, -0.15) is 0 Å². The Morgan fingerprint density at radius 3 is 2.70 bits per heavy atom. The summed E-state index contributed by atoms with van der Waals surface area (Å²) in [5, 5.41) is -0.673. The molecule has 2 rings (SSSR count). The molecule has 0 aliphatic heterocycles. The van der Waals surface area contributed by atoms with Crippen LogP contribution in [0.2, 0.25) is 0 Å². The number of halogens is 2. The average Bonchev–Trinajstić information content (AvgIpc) is 2.45. The molecule has 3 nitrogen and oxygen atoms in total. The van der Waals surface area contributed by atoms with Gasteiger partial charge >= 0.3 is 5.30 Å². The van der Waals surface area contributed by atoms with Gasteiger partial charge in [-0.1, -0.05) is 6.92 Å². The normalized spacial score (nSPS) is 10.8. The van der Waals surface area contributed by atoms with Gasteiger partial charge in [-0.25, -0.2) is 13.6 Å². The van der Waals surface area contributed by atoms with E-state index < -0.39 is 16.9 Å². The first-order chi connectivity index (χ1) is 9.49. The molecule has 0 saturated carbocycles. The molecule has 2 aromatic rings. The summed E-state index contributed by atoms with van der Waals surface area (Å²) in [5.74, 6) is -2.00. The maximum absolute atomic E-state index is 14.0. The Balaban J connectivity index is 2.81. The first kappa shape index (κ1) is 14.7. The highest BCUT2D eigenvalue weighted by Crippen LogP contribution is 2.34. The van der Waals surface area contributed by atoms with Crippen molar-refractivity contribution in [2.45, 2.75) is 20.3 Å². The van der Waals surface area contributed by atoms with E-state index in [9.17, 15) is 13.6 Å². The molecule has 0 aliphatic rings. The van der Waals surface area contributed by atoms with E-state index in [-0.39, 0.29) is 16.7 Å². The van der Waals surface area contributed by atoms with Gasteiger partial charge in [0, 0.05) is 11.3 Å². The summed E-state index contributed by atoms with van der Waals surface area (Å²) in [6, 6.07) is 2.39. The lowest BCUT2D eigenvalue weighted by atomic mass is 10.1. The van der Waals surface area contributed by atoms with E-state index in [0.29, 0.717) is 17.7 Å². The van der Waals surface area contributed by atoms with Crippen molar-refractivity contribution < 1.29 is 18.3 Å². The van der Waals surface area contributed by atoms with E-state index in [2.05, 4.69) is 4.98 Å². The molecule has 0 bridgehead atoms. The van der Waals surface area contributed by atoms with E-state index in [4.69, 9.17) is 4.74 Å². The summed E-state index contributed by atoms with van der Waals surface area (Å²) in [7, 11) is 0. The summed E-state index contributed by atoms with van der Waals surface area (Å²) in [6.45, 7) is 3.57. The molecule has 0 fully saturated rings. The minimum absolute atomic E-state index is 0.0446. The number of fused-ring (bicyclic) bond motifs is 1. The fourth-order valence-corrected chi connectivity index (χ4v) is 2.16. The molecule has 0 atom stereocenters. The molecule has 0 radical (unpaired) electrons. The number of carbonyl (C=O) groups excluding carboxylic acids is 1. The number of carbonyl (C=O) groups is 1. The largest absolute Gasteiger partial charge is 0.417 e. The molecule has 1 heterocycles. The molecule has 0 N–H and O–H groups in total. The van der Waals surface area contributed by atoms with E-state index in [1.807, 2.05) is 6.92 Å². The molecule has 0 saturated heterocycles. The van der Waals surface area contributed by atoms with Crippen LogP contribution in [0.4, 0.5) is 13.6 Å². The molecule has 0 unspecified atom stereocenters. The third kappa shape index (κ3) is 2.47. The topological polar surface area (TPSA) is 39.2 Å². The molecule has 0 amide bonds. The molecule has 0 spiro atoms. The molecule has 20 heavy (non-hydrogen) atoms. The molecule has 106 valence electrons. The Labute approximate surface area is 119 Å². The van der Waals surface area contributed by atoms with Crippen LogP contribution in [0.15, 0.2) is 12.1 Å². The van der Waals surface area contributed by atoms with Gasteiger partial charge in [-0.3, -0.25) is 4.98 Å². The smallest absolute Gasteiger partial charge is 0.372 e.